The van der Waals surface area contributed by atoms with E-state index in [-0.39, 0.29) is 35.3 Å². The van der Waals surface area contributed by atoms with Gasteiger partial charge in [-0.1, -0.05) is 119 Å². The minimum absolute atomic E-state index is 0. The van der Waals surface area contributed by atoms with E-state index < -0.39 is 7.25 Å². The van der Waals surface area contributed by atoms with Gasteiger partial charge in [0.05, 0.1) is 0 Å². The summed E-state index contributed by atoms with van der Waals surface area (Å²) < 4.78 is 39.0. The smallest absolute Gasteiger partial charge is 0.418 e. The van der Waals surface area contributed by atoms with Crippen molar-refractivity contribution in [3.05, 3.63) is 24.3 Å². The van der Waals surface area contributed by atoms with Crippen LogP contribution in [-0.4, -0.2) is 29.9 Å². The van der Waals surface area contributed by atoms with Crippen LogP contribution in [0.5, 0.6) is 0 Å². The van der Waals surface area contributed by atoms with Crippen molar-refractivity contribution in [2.24, 2.45) is 0 Å². The molecule has 2 heterocycles. The first-order valence-corrected chi connectivity index (χ1v) is 18.2. The summed E-state index contributed by atoms with van der Waals surface area (Å²) in [6.45, 7) is 9.74. The average Bonchev–Trinajstić information content (AvgIpc) is 3.46. The van der Waals surface area contributed by atoms with E-state index in [1.807, 2.05) is 10.6 Å². The van der Waals surface area contributed by atoms with Crippen molar-refractivity contribution in [2.75, 3.05) is 0 Å². The summed E-state index contributed by atoms with van der Waals surface area (Å²) in [5, 5.41) is 3.68. The molecule has 223 valence electrons. The fourth-order valence-corrected chi connectivity index (χ4v) is 14.6. The molecular formula is C30H52BF4P2Rh-. The molecular weight excluding hydrogens is 612 g/mol. The van der Waals surface area contributed by atoms with E-state index in [4.69, 9.17) is 0 Å². The number of hydrogen-bond acceptors (Lipinski definition) is 0. The molecule has 2 aliphatic heterocycles. The summed E-state index contributed by atoms with van der Waals surface area (Å²) in [5.74, 6) is 0. The van der Waals surface area contributed by atoms with Crippen LogP contribution in [0.4, 0.5) is 17.3 Å². The molecule has 0 nitrogen and oxygen atoms in total. The second-order valence-corrected chi connectivity index (χ2v) is 16.5. The van der Waals surface area contributed by atoms with Crippen molar-refractivity contribution < 1.29 is 36.7 Å². The first-order chi connectivity index (χ1) is 17.7. The monoisotopic (exact) mass is 664 g/mol. The van der Waals surface area contributed by atoms with Gasteiger partial charge in [0.15, 0.2) is 0 Å². The molecule has 8 heteroatoms. The van der Waals surface area contributed by atoms with Crippen molar-refractivity contribution in [1.29, 1.82) is 0 Å². The number of halogens is 4. The number of hydrogen-bond donors (Lipinski definition) is 0. The Bertz CT molecular complexity index is 650. The number of benzene rings is 1. The molecule has 3 aliphatic rings. The van der Waals surface area contributed by atoms with Crippen LogP contribution in [0.3, 0.4) is 0 Å². The molecule has 38 heavy (non-hydrogen) atoms. The van der Waals surface area contributed by atoms with Crippen molar-refractivity contribution in [2.45, 2.75) is 153 Å². The molecule has 4 atom stereocenters. The second kappa shape index (κ2) is 19.6. The molecule has 0 spiro atoms. The van der Waals surface area contributed by atoms with Gasteiger partial charge >= 0.3 is 7.25 Å². The molecule has 4 rings (SSSR count). The van der Waals surface area contributed by atoms with Crippen LogP contribution in [0.15, 0.2) is 24.3 Å². The molecule has 0 aromatic heterocycles. The van der Waals surface area contributed by atoms with E-state index in [1.165, 1.54) is 103 Å². The normalized spacial score (nSPS) is 29.6. The molecule has 2 saturated heterocycles. The van der Waals surface area contributed by atoms with Crippen LogP contribution in [0, 0.1) is 0 Å². The van der Waals surface area contributed by atoms with E-state index in [0.717, 1.165) is 22.6 Å². The Hall–Kier alpha value is 0.488. The van der Waals surface area contributed by atoms with Gasteiger partial charge < -0.3 is 17.3 Å². The summed E-state index contributed by atoms with van der Waals surface area (Å²) in [5.41, 5.74) is 3.96. The maximum atomic E-state index is 9.75. The Morgan fingerprint density at radius 1 is 0.553 bits per heavy atom. The molecule has 0 N–H and O–H groups in total. The van der Waals surface area contributed by atoms with E-state index >= 15 is 0 Å². The van der Waals surface area contributed by atoms with Crippen molar-refractivity contribution >= 4 is 33.7 Å². The summed E-state index contributed by atoms with van der Waals surface area (Å²) >= 11 is 0. The topological polar surface area (TPSA) is 0 Å². The van der Waals surface area contributed by atoms with Crippen molar-refractivity contribution in [3.8, 4) is 0 Å². The zero-order valence-electron chi connectivity index (χ0n) is 24.2. The van der Waals surface area contributed by atoms with Crippen LogP contribution in [0.25, 0.3) is 0 Å². The SMILES string of the molecule is C1CCCCCCC1.CCC1CCC(CC)P1c1ccccc1P1C(CC)CCC1CC.F[B-](F)(F)F.[Rh]. The standard InChI is InChI=1S/C22H36P2.C8H16.BF4.Rh/c1-5-17-13-14-18(6-2)23(17)21-11-9-10-12-22(21)24-19(7-3)15-16-20(24)8-4;1-2-4-6-8-7-5-3-1;2-1(3,4)5;/h9-12,17-20H,5-8,13-16H2,1-4H3;1-8H2;;/q;;-1;. The van der Waals surface area contributed by atoms with Crippen LogP contribution in [0.1, 0.15) is 130 Å². The van der Waals surface area contributed by atoms with Gasteiger partial charge in [-0.3, -0.25) is 0 Å². The average molecular weight is 664 g/mol. The third-order valence-corrected chi connectivity index (χ3v) is 16.3. The molecule has 3 fully saturated rings. The van der Waals surface area contributed by atoms with E-state index in [2.05, 4.69) is 52.0 Å². The molecule has 1 aromatic rings. The van der Waals surface area contributed by atoms with Crippen molar-refractivity contribution in [3.63, 3.8) is 0 Å². The second-order valence-electron chi connectivity index (χ2n) is 11.0. The van der Waals surface area contributed by atoms with Gasteiger partial charge in [0.25, 0.3) is 0 Å². The van der Waals surface area contributed by atoms with Crippen LogP contribution >= 0.6 is 15.8 Å². The van der Waals surface area contributed by atoms with E-state index in [1.54, 1.807) is 0 Å². The van der Waals surface area contributed by atoms with Gasteiger partial charge in [-0.25, -0.2) is 0 Å². The Kier molecular flexibility index (Phi) is 18.8. The predicted octanol–water partition coefficient (Wildman–Crippen LogP) is 11.0. The molecule has 0 amide bonds. The van der Waals surface area contributed by atoms with Gasteiger partial charge in [-0.2, -0.15) is 0 Å². The van der Waals surface area contributed by atoms with Crippen molar-refractivity contribution in [1.82, 2.24) is 0 Å². The first-order valence-electron chi connectivity index (χ1n) is 15.3. The minimum atomic E-state index is -6.00. The quantitative estimate of drug-likeness (QED) is 0.161. The Morgan fingerprint density at radius 3 is 0.947 bits per heavy atom. The first kappa shape index (κ1) is 36.5. The molecule has 4 unspecified atom stereocenters. The van der Waals surface area contributed by atoms with E-state index in [9.17, 15) is 17.3 Å². The van der Waals surface area contributed by atoms with Gasteiger partial charge in [-0.15, -0.1) is 0 Å². The van der Waals surface area contributed by atoms with Crippen LogP contribution in [0.2, 0.25) is 0 Å². The predicted molar refractivity (Wildman–Crippen MR) is 161 cm³/mol. The Morgan fingerprint density at radius 2 is 0.763 bits per heavy atom. The zero-order valence-corrected chi connectivity index (χ0v) is 27.7. The summed E-state index contributed by atoms with van der Waals surface area (Å²) in [7, 11) is -5.87. The number of rotatable bonds is 6. The van der Waals surface area contributed by atoms with Gasteiger partial charge in [0, 0.05) is 19.5 Å². The molecule has 1 saturated carbocycles. The van der Waals surface area contributed by atoms with Gasteiger partial charge in [0.1, 0.15) is 0 Å². The third kappa shape index (κ3) is 12.2. The zero-order chi connectivity index (χ0) is 27.3. The fraction of sp³-hybridized carbons (Fsp3) is 0.800. The molecule has 1 aromatic carbocycles. The van der Waals surface area contributed by atoms with Crippen LogP contribution < -0.4 is 10.6 Å². The summed E-state index contributed by atoms with van der Waals surface area (Å²) in [6.07, 6.45) is 23.5. The third-order valence-electron chi connectivity index (χ3n) is 8.56. The fourth-order valence-electron chi connectivity index (χ4n) is 6.63. The van der Waals surface area contributed by atoms with Gasteiger partial charge in [-0.05, 0) is 84.6 Å². The molecule has 1 radical (unpaired) electrons. The molecule has 1 aliphatic carbocycles. The minimum Gasteiger partial charge on any atom is -0.418 e. The molecule has 0 bridgehead atoms. The maximum absolute atomic E-state index is 9.75. The largest absolute Gasteiger partial charge is 0.673 e. The maximum Gasteiger partial charge on any atom is 0.673 e. The summed E-state index contributed by atoms with van der Waals surface area (Å²) in [6, 6.07) is 9.79. The van der Waals surface area contributed by atoms with E-state index in [0.29, 0.717) is 0 Å². The van der Waals surface area contributed by atoms with Crippen LogP contribution in [-0.2, 0) is 19.5 Å². The summed E-state index contributed by atoms with van der Waals surface area (Å²) in [4.78, 5) is 0. The van der Waals surface area contributed by atoms with Gasteiger partial charge in [0.2, 0.25) is 0 Å². The Balaban J connectivity index is 0.000000427. The Labute approximate surface area is 247 Å².